The summed E-state index contributed by atoms with van der Waals surface area (Å²) in [6, 6.07) is 10.9. The lowest BCUT2D eigenvalue weighted by Gasteiger charge is -2.21. The minimum Gasteiger partial charge on any atom is -0.340 e. The van der Waals surface area contributed by atoms with Crippen molar-refractivity contribution >= 4 is 22.2 Å². The molecule has 1 aliphatic rings. The summed E-state index contributed by atoms with van der Waals surface area (Å²) >= 11 is 1.58. The molecular weight excluding hydrogens is 382 g/mol. The number of rotatable bonds is 7. The normalized spacial score (nSPS) is 17.4. The van der Waals surface area contributed by atoms with Crippen LogP contribution in [0.1, 0.15) is 28.2 Å². The zero-order valence-corrected chi connectivity index (χ0v) is 18.2. The highest BCUT2D eigenvalue weighted by Gasteiger charge is 2.28. The van der Waals surface area contributed by atoms with E-state index in [1.807, 2.05) is 36.8 Å². The Morgan fingerprint density at radius 3 is 2.76 bits per heavy atom. The summed E-state index contributed by atoms with van der Waals surface area (Å²) in [6.45, 7) is 3.52. The molecule has 0 N–H and O–H groups in total. The summed E-state index contributed by atoms with van der Waals surface area (Å²) < 4.78 is 2.09. The molecule has 0 unspecified atom stereocenters. The van der Waals surface area contributed by atoms with Crippen LogP contribution in [0.15, 0.2) is 41.9 Å². The van der Waals surface area contributed by atoms with Crippen LogP contribution in [-0.2, 0) is 13.0 Å². The lowest BCUT2D eigenvalue weighted by molar-refractivity contribution is 0.0789. The predicted octanol–water partition coefficient (Wildman–Crippen LogP) is 2.85. The maximum absolute atomic E-state index is 13.2. The second-order valence-corrected chi connectivity index (χ2v) is 8.94. The van der Waals surface area contributed by atoms with E-state index in [4.69, 9.17) is 4.98 Å². The van der Waals surface area contributed by atoms with Gasteiger partial charge in [0.1, 0.15) is 0 Å². The van der Waals surface area contributed by atoms with E-state index < -0.39 is 0 Å². The average molecular weight is 412 g/mol. The fourth-order valence-corrected chi connectivity index (χ4v) is 4.70. The van der Waals surface area contributed by atoms with Gasteiger partial charge >= 0.3 is 0 Å². The highest BCUT2D eigenvalue weighted by Crippen LogP contribution is 2.23. The number of carbonyl (C=O) groups is 1. The first-order valence-electron chi connectivity index (χ1n) is 10.2. The molecule has 3 aromatic rings. The molecule has 0 saturated carbocycles. The number of benzene rings is 1. The van der Waals surface area contributed by atoms with Crippen molar-refractivity contribution in [1.29, 1.82) is 0 Å². The van der Waals surface area contributed by atoms with Crippen molar-refractivity contribution in [1.82, 2.24) is 24.1 Å². The zero-order chi connectivity index (χ0) is 20.4. The minimum absolute atomic E-state index is 0.00943. The average Bonchev–Trinajstić information content (AvgIpc) is 3.44. The number of imidazole rings is 1. The van der Waals surface area contributed by atoms with Gasteiger partial charge in [-0.05, 0) is 32.5 Å². The molecule has 1 atom stereocenters. The Morgan fingerprint density at radius 1 is 1.24 bits per heavy atom. The van der Waals surface area contributed by atoms with Gasteiger partial charge in [0.15, 0.2) is 10.7 Å². The van der Waals surface area contributed by atoms with E-state index in [0.717, 1.165) is 36.7 Å². The van der Waals surface area contributed by atoms with Gasteiger partial charge in [-0.15, -0.1) is 11.3 Å². The maximum Gasteiger partial charge on any atom is 0.274 e. The van der Waals surface area contributed by atoms with Crippen LogP contribution in [0.4, 0.5) is 0 Å². The number of amides is 1. The monoisotopic (exact) mass is 411 g/mol. The van der Waals surface area contributed by atoms with Crippen molar-refractivity contribution in [3.8, 4) is 0 Å². The van der Waals surface area contributed by atoms with Crippen LogP contribution in [0.5, 0.6) is 0 Å². The molecule has 1 amide bonds. The molecule has 2 aromatic heterocycles. The maximum atomic E-state index is 13.2. The number of carbonyl (C=O) groups excluding carboxylic acids is 1. The minimum atomic E-state index is 0.00943. The van der Waals surface area contributed by atoms with Crippen molar-refractivity contribution in [2.75, 3.05) is 40.8 Å². The van der Waals surface area contributed by atoms with E-state index in [-0.39, 0.29) is 5.91 Å². The van der Waals surface area contributed by atoms with E-state index >= 15 is 0 Å². The molecule has 0 bridgehead atoms. The fourth-order valence-electron chi connectivity index (χ4n) is 3.97. The van der Waals surface area contributed by atoms with Crippen LogP contribution in [0, 0.1) is 0 Å². The van der Waals surface area contributed by atoms with Gasteiger partial charge in [0.25, 0.3) is 5.91 Å². The van der Waals surface area contributed by atoms with Crippen molar-refractivity contribution in [3.63, 3.8) is 0 Å². The standard InChI is InChI=1S/C22H29N5OS/c1-24(2)18-10-12-26(15-18)16-19-20(23-22-27(19)13-14-29-22)21(28)25(3)11-9-17-7-5-4-6-8-17/h4-8,13-14,18H,9-12,15-16H2,1-3H3/t18-/m1/s1. The summed E-state index contributed by atoms with van der Waals surface area (Å²) in [6.07, 6.45) is 4.04. The second kappa shape index (κ2) is 8.65. The molecule has 7 heteroatoms. The third kappa shape index (κ3) is 4.37. The van der Waals surface area contributed by atoms with Gasteiger partial charge in [-0.1, -0.05) is 30.3 Å². The van der Waals surface area contributed by atoms with Gasteiger partial charge in [-0.25, -0.2) is 4.98 Å². The van der Waals surface area contributed by atoms with Crippen LogP contribution in [-0.4, -0.2) is 76.8 Å². The third-order valence-corrected chi connectivity index (χ3v) is 6.60. The number of thiazole rings is 1. The molecule has 0 aliphatic carbocycles. The van der Waals surface area contributed by atoms with Crippen LogP contribution < -0.4 is 0 Å². The predicted molar refractivity (Wildman–Crippen MR) is 118 cm³/mol. The Kier molecular flexibility index (Phi) is 5.99. The summed E-state index contributed by atoms with van der Waals surface area (Å²) in [5.41, 5.74) is 2.85. The number of hydrogen-bond donors (Lipinski definition) is 0. The molecule has 0 spiro atoms. The number of nitrogens with zero attached hydrogens (tertiary/aromatic N) is 5. The second-order valence-electron chi connectivity index (χ2n) is 8.07. The van der Waals surface area contributed by atoms with Crippen molar-refractivity contribution in [2.24, 2.45) is 0 Å². The number of likely N-dealkylation sites (N-methyl/N-ethyl adjacent to an activating group) is 2. The number of fused-ring (bicyclic) bond motifs is 1. The van der Waals surface area contributed by atoms with Crippen molar-refractivity contribution in [2.45, 2.75) is 25.4 Å². The van der Waals surface area contributed by atoms with Gasteiger partial charge in [-0.2, -0.15) is 0 Å². The highest BCUT2D eigenvalue weighted by molar-refractivity contribution is 7.15. The molecule has 6 nitrogen and oxygen atoms in total. The molecule has 154 valence electrons. The summed E-state index contributed by atoms with van der Waals surface area (Å²) in [5.74, 6) is 0.00943. The molecule has 1 aromatic carbocycles. The Labute approximate surface area is 176 Å². The SMILES string of the molecule is CN(CCc1ccccc1)C(=O)c1nc2sccn2c1CN1CC[C@@H](N(C)C)C1. The molecule has 0 radical (unpaired) electrons. The Balaban J connectivity index is 1.50. The lowest BCUT2D eigenvalue weighted by Crippen LogP contribution is -2.33. The van der Waals surface area contributed by atoms with E-state index in [1.54, 1.807) is 16.2 Å². The largest absolute Gasteiger partial charge is 0.340 e. The highest BCUT2D eigenvalue weighted by atomic mass is 32.1. The molecule has 4 rings (SSSR count). The molecule has 1 fully saturated rings. The van der Waals surface area contributed by atoms with E-state index in [9.17, 15) is 4.79 Å². The van der Waals surface area contributed by atoms with Crippen LogP contribution in [0.25, 0.3) is 4.96 Å². The summed E-state index contributed by atoms with van der Waals surface area (Å²) in [5, 5.41) is 2.03. The number of hydrogen-bond acceptors (Lipinski definition) is 5. The van der Waals surface area contributed by atoms with Gasteiger partial charge in [0, 0.05) is 50.8 Å². The Morgan fingerprint density at radius 2 is 2.03 bits per heavy atom. The Bertz CT molecular complexity index is 964. The first kappa shape index (κ1) is 20.1. The first-order chi connectivity index (χ1) is 14.0. The number of aromatic nitrogens is 2. The quantitative estimate of drug-likeness (QED) is 0.600. The van der Waals surface area contributed by atoms with Crippen LogP contribution >= 0.6 is 11.3 Å². The smallest absolute Gasteiger partial charge is 0.274 e. The van der Waals surface area contributed by atoms with E-state index in [0.29, 0.717) is 18.3 Å². The molecule has 1 aliphatic heterocycles. The van der Waals surface area contributed by atoms with E-state index in [1.165, 1.54) is 12.0 Å². The zero-order valence-electron chi connectivity index (χ0n) is 17.4. The third-order valence-electron chi connectivity index (χ3n) is 5.84. The molecular formula is C22H29N5OS. The summed E-state index contributed by atoms with van der Waals surface area (Å²) in [7, 11) is 6.15. The van der Waals surface area contributed by atoms with Crippen LogP contribution in [0.3, 0.4) is 0 Å². The molecule has 3 heterocycles. The molecule has 1 saturated heterocycles. The number of likely N-dealkylation sites (tertiary alicyclic amines) is 1. The van der Waals surface area contributed by atoms with E-state index in [2.05, 4.69) is 40.4 Å². The topological polar surface area (TPSA) is 44.1 Å². The van der Waals surface area contributed by atoms with Gasteiger partial charge in [0.05, 0.1) is 5.69 Å². The summed E-state index contributed by atoms with van der Waals surface area (Å²) in [4.78, 5) is 25.3. The van der Waals surface area contributed by atoms with Crippen molar-refractivity contribution < 1.29 is 4.79 Å². The van der Waals surface area contributed by atoms with Gasteiger partial charge in [0.2, 0.25) is 0 Å². The van der Waals surface area contributed by atoms with Gasteiger partial charge in [-0.3, -0.25) is 14.1 Å². The Hall–Kier alpha value is -2.22. The van der Waals surface area contributed by atoms with Crippen LogP contribution in [0.2, 0.25) is 0 Å². The first-order valence-corrected chi connectivity index (χ1v) is 11.0. The van der Waals surface area contributed by atoms with Gasteiger partial charge < -0.3 is 9.80 Å². The fraction of sp³-hybridized carbons (Fsp3) is 0.455. The lowest BCUT2D eigenvalue weighted by atomic mass is 10.1. The molecule has 29 heavy (non-hydrogen) atoms. The van der Waals surface area contributed by atoms with Crippen molar-refractivity contribution in [3.05, 3.63) is 58.9 Å².